The molecular formula is C16H14N2O3. The lowest BCUT2D eigenvalue weighted by molar-refractivity contribution is 0.103. The number of benzene rings is 2. The lowest BCUT2D eigenvalue weighted by Crippen LogP contribution is -2.08. The molecule has 1 heterocycles. The molecule has 0 fully saturated rings. The fourth-order valence-electron chi connectivity index (χ4n) is 2.31. The third-order valence-electron chi connectivity index (χ3n) is 3.62. The fourth-order valence-corrected chi connectivity index (χ4v) is 2.31. The van der Waals surface area contributed by atoms with Crippen LogP contribution in [0, 0.1) is 6.92 Å². The Morgan fingerprint density at radius 1 is 1.24 bits per heavy atom. The van der Waals surface area contributed by atoms with E-state index in [4.69, 9.17) is 10.2 Å². The van der Waals surface area contributed by atoms with Crippen molar-refractivity contribution in [3.05, 3.63) is 63.6 Å². The summed E-state index contributed by atoms with van der Waals surface area (Å²) in [4.78, 5) is 24.0. The molecule has 0 spiro atoms. The molecule has 0 atom stereocenters. The normalized spacial score (nSPS) is 11.0. The Balaban J connectivity index is 2.14. The van der Waals surface area contributed by atoms with E-state index in [0.29, 0.717) is 27.9 Å². The highest BCUT2D eigenvalue weighted by atomic mass is 16.4. The molecule has 0 bridgehead atoms. The van der Waals surface area contributed by atoms with Gasteiger partial charge in [0.05, 0.1) is 5.52 Å². The number of anilines is 1. The van der Waals surface area contributed by atoms with Crippen molar-refractivity contribution in [3.63, 3.8) is 0 Å². The number of nitrogens with two attached hydrogens (primary N) is 1. The van der Waals surface area contributed by atoms with Gasteiger partial charge in [0.15, 0.2) is 11.4 Å². The van der Waals surface area contributed by atoms with Crippen molar-refractivity contribution in [3.8, 4) is 0 Å². The molecule has 21 heavy (non-hydrogen) atoms. The van der Waals surface area contributed by atoms with Crippen LogP contribution < -0.4 is 11.5 Å². The Bertz CT molecular complexity index is 919. The molecule has 106 valence electrons. The molecule has 0 saturated heterocycles. The number of fused-ring (bicyclic) bond motifs is 1. The molecule has 0 unspecified atom stereocenters. The maximum absolute atomic E-state index is 12.5. The van der Waals surface area contributed by atoms with E-state index >= 15 is 0 Å². The summed E-state index contributed by atoms with van der Waals surface area (Å²) >= 11 is 0. The molecular weight excluding hydrogens is 268 g/mol. The molecule has 0 aliphatic rings. The van der Waals surface area contributed by atoms with Crippen molar-refractivity contribution in [2.24, 2.45) is 7.05 Å². The topological polar surface area (TPSA) is 78.2 Å². The van der Waals surface area contributed by atoms with E-state index in [1.807, 2.05) is 13.0 Å². The average Bonchev–Trinajstić information content (AvgIpc) is 2.76. The van der Waals surface area contributed by atoms with Crippen LogP contribution in [0.5, 0.6) is 0 Å². The van der Waals surface area contributed by atoms with E-state index in [0.717, 1.165) is 5.56 Å². The predicted octanol–water partition coefficient (Wildman–Crippen LogP) is 2.25. The Hall–Kier alpha value is -2.82. The van der Waals surface area contributed by atoms with E-state index in [9.17, 15) is 9.59 Å². The monoisotopic (exact) mass is 282 g/mol. The first kappa shape index (κ1) is 13.2. The smallest absolute Gasteiger partial charge is 0.408 e. The standard InChI is InChI=1S/C16H14N2O3/c1-9-4-3-5-11(14(9)17)15(19)10-6-7-12-13(8-10)21-16(20)18(12)2/h3-8H,17H2,1-2H3. The van der Waals surface area contributed by atoms with Gasteiger partial charge >= 0.3 is 5.76 Å². The van der Waals surface area contributed by atoms with Crippen molar-refractivity contribution in [1.82, 2.24) is 4.57 Å². The highest BCUT2D eigenvalue weighted by Crippen LogP contribution is 2.22. The number of hydrogen-bond donors (Lipinski definition) is 1. The van der Waals surface area contributed by atoms with Crippen LogP contribution in [0.4, 0.5) is 5.69 Å². The molecule has 0 aliphatic carbocycles. The second kappa shape index (κ2) is 4.63. The minimum absolute atomic E-state index is 0.190. The van der Waals surface area contributed by atoms with Crippen LogP contribution in [-0.2, 0) is 7.05 Å². The zero-order chi connectivity index (χ0) is 15.1. The summed E-state index contributed by atoms with van der Waals surface area (Å²) in [5, 5.41) is 0. The SMILES string of the molecule is Cc1cccc(C(=O)c2ccc3c(c2)oc(=O)n3C)c1N. The number of carbonyl (C=O) groups is 1. The first-order chi connectivity index (χ1) is 9.99. The number of aromatic nitrogens is 1. The van der Waals surface area contributed by atoms with Crippen LogP contribution in [-0.4, -0.2) is 10.4 Å². The Kier molecular flexibility index (Phi) is 2.90. The second-order valence-corrected chi connectivity index (χ2v) is 4.97. The molecule has 0 amide bonds. The van der Waals surface area contributed by atoms with Gasteiger partial charge in [-0.2, -0.15) is 0 Å². The van der Waals surface area contributed by atoms with Crippen LogP contribution in [0.1, 0.15) is 21.5 Å². The molecule has 3 rings (SSSR count). The summed E-state index contributed by atoms with van der Waals surface area (Å²) < 4.78 is 6.50. The summed E-state index contributed by atoms with van der Waals surface area (Å²) in [6, 6.07) is 10.3. The minimum Gasteiger partial charge on any atom is -0.408 e. The van der Waals surface area contributed by atoms with Gasteiger partial charge in [-0.25, -0.2) is 4.79 Å². The number of rotatable bonds is 2. The fraction of sp³-hybridized carbons (Fsp3) is 0.125. The summed E-state index contributed by atoms with van der Waals surface area (Å²) in [7, 11) is 1.62. The zero-order valence-corrected chi connectivity index (χ0v) is 11.7. The Morgan fingerprint density at radius 2 is 2.00 bits per heavy atom. The van der Waals surface area contributed by atoms with E-state index in [-0.39, 0.29) is 5.78 Å². The molecule has 5 heteroatoms. The van der Waals surface area contributed by atoms with E-state index in [1.165, 1.54) is 4.57 Å². The third kappa shape index (κ3) is 2.03. The molecule has 2 aromatic carbocycles. The van der Waals surface area contributed by atoms with Gasteiger partial charge in [-0.3, -0.25) is 9.36 Å². The average molecular weight is 282 g/mol. The number of ketones is 1. The van der Waals surface area contributed by atoms with Gasteiger partial charge in [0.2, 0.25) is 0 Å². The van der Waals surface area contributed by atoms with Gasteiger partial charge in [-0.1, -0.05) is 12.1 Å². The maximum Gasteiger partial charge on any atom is 0.419 e. The number of nitrogen functional groups attached to an aromatic ring is 1. The third-order valence-corrected chi connectivity index (χ3v) is 3.62. The largest absolute Gasteiger partial charge is 0.419 e. The number of hydrogen-bond acceptors (Lipinski definition) is 4. The molecule has 5 nitrogen and oxygen atoms in total. The quantitative estimate of drug-likeness (QED) is 0.577. The highest BCUT2D eigenvalue weighted by molar-refractivity contribution is 6.13. The highest BCUT2D eigenvalue weighted by Gasteiger charge is 2.15. The number of para-hydroxylation sites is 1. The summed E-state index contributed by atoms with van der Waals surface area (Å²) in [5.41, 5.74) is 9.21. The number of oxazole rings is 1. The van der Waals surface area contributed by atoms with E-state index < -0.39 is 5.76 Å². The van der Waals surface area contributed by atoms with Crippen molar-refractivity contribution < 1.29 is 9.21 Å². The first-order valence-electron chi connectivity index (χ1n) is 6.48. The molecule has 0 radical (unpaired) electrons. The minimum atomic E-state index is -0.454. The first-order valence-corrected chi connectivity index (χ1v) is 6.48. The van der Waals surface area contributed by atoms with Crippen LogP contribution in [0.25, 0.3) is 11.1 Å². The molecule has 0 saturated carbocycles. The van der Waals surface area contributed by atoms with Crippen molar-refractivity contribution in [2.45, 2.75) is 6.92 Å². The van der Waals surface area contributed by atoms with E-state index in [2.05, 4.69) is 0 Å². The lowest BCUT2D eigenvalue weighted by atomic mass is 9.99. The van der Waals surface area contributed by atoms with Gasteiger partial charge in [0, 0.05) is 23.9 Å². The van der Waals surface area contributed by atoms with Gasteiger partial charge < -0.3 is 10.2 Å². The Labute approximate surface area is 120 Å². The number of carbonyl (C=O) groups excluding carboxylic acids is 1. The van der Waals surface area contributed by atoms with Gasteiger partial charge in [-0.15, -0.1) is 0 Å². The zero-order valence-electron chi connectivity index (χ0n) is 11.7. The van der Waals surface area contributed by atoms with Crippen LogP contribution in [0.2, 0.25) is 0 Å². The van der Waals surface area contributed by atoms with E-state index in [1.54, 1.807) is 37.4 Å². The summed E-state index contributed by atoms with van der Waals surface area (Å²) in [5.74, 6) is -0.644. The number of aryl methyl sites for hydroxylation is 2. The van der Waals surface area contributed by atoms with Crippen molar-refractivity contribution >= 4 is 22.6 Å². The van der Waals surface area contributed by atoms with Crippen LogP contribution in [0.15, 0.2) is 45.6 Å². The summed E-state index contributed by atoms with van der Waals surface area (Å²) in [6.45, 7) is 1.85. The molecule has 1 aromatic heterocycles. The Morgan fingerprint density at radius 3 is 2.76 bits per heavy atom. The molecule has 3 aromatic rings. The van der Waals surface area contributed by atoms with Crippen LogP contribution in [0.3, 0.4) is 0 Å². The molecule has 0 aliphatic heterocycles. The number of nitrogens with zero attached hydrogens (tertiary/aromatic N) is 1. The van der Waals surface area contributed by atoms with Crippen molar-refractivity contribution in [2.75, 3.05) is 5.73 Å². The predicted molar refractivity (Wildman–Crippen MR) is 80.5 cm³/mol. The lowest BCUT2D eigenvalue weighted by Gasteiger charge is -2.07. The molecule has 2 N–H and O–H groups in total. The second-order valence-electron chi connectivity index (χ2n) is 4.97. The van der Waals surface area contributed by atoms with Crippen molar-refractivity contribution in [1.29, 1.82) is 0 Å². The van der Waals surface area contributed by atoms with Gasteiger partial charge in [-0.05, 0) is 36.8 Å². The van der Waals surface area contributed by atoms with Gasteiger partial charge in [0.25, 0.3) is 0 Å². The van der Waals surface area contributed by atoms with Gasteiger partial charge in [0.1, 0.15) is 0 Å². The maximum atomic E-state index is 12.5. The van der Waals surface area contributed by atoms with Crippen LogP contribution >= 0.6 is 0 Å². The summed E-state index contributed by atoms with van der Waals surface area (Å²) in [6.07, 6.45) is 0.